The highest BCUT2D eigenvalue weighted by atomic mass is 15.3. The zero-order valence-corrected chi connectivity index (χ0v) is 10.7. The summed E-state index contributed by atoms with van der Waals surface area (Å²) in [4.78, 5) is 0. The number of nitrogens with zero attached hydrogens (tertiary/aromatic N) is 2. The molecule has 0 saturated heterocycles. The van der Waals surface area contributed by atoms with Gasteiger partial charge in [-0.15, -0.1) is 0 Å². The minimum absolute atomic E-state index is 0.547. The largest absolute Gasteiger partial charge is 0.326 e. The van der Waals surface area contributed by atoms with E-state index in [0.29, 0.717) is 6.54 Å². The van der Waals surface area contributed by atoms with Gasteiger partial charge in [-0.1, -0.05) is 17.7 Å². The van der Waals surface area contributed by atoms with Crippen LogP contribution in [-0.4, -0.2) is 9.78 Å². The van der Waals surface area contributed by atoms with Crippen molar-refractivity contribution in [1.82, 2.24) is 9.78 Å². The molecular formula is C14H19N3. The molecule has 0 radical (unpaired) electrons. The summed E-state index contributed by atoms with van der Waals surface area (Å²) in [5, 5.41) is 4.32. The van der Waals surface area contributed by atoms with Crippen molar-refractivity contribution in [3.63, 3.8) is 0 Å². The van der Waals surface area contributed by atoms with Crippen LogP contribution in [-0.2, 0) is 13.1 Å². The predicted octanol–water partition coefficient (Wildman–Crippen LogP) is 2.32. The van der Waals surface area contributed by atoms with Gasteiger partial charge in [0, 0.05) is 18.3 Å². The Morgan fingerprint density at radius 3 is 2.35 bits per heavy atom. The summed E-state index contributed by atoms with van der Waals surface area (Å²) in [6.07, 6.45) is 3.84. The number of aromatic nitrogens is 2. The van der Waals surface area contributed by atoms with Crippen molar-refractivity contribution >= 4 is 0 Å². The normalized spacial score (nSPS) is 10.8. The molecule has 0 aliphatic heterocycles. The Hall–Kier alpha value is -1.61. The molecule has 0 amide bonds. The van der Waals surface area contributed by atoms with Crippen LogP contribution in [0.25, 0.3) is 0 Å². The third kappa shape index (κ3) is 2.56. The van der Waals surface area contributed by atoms with Crippen molar-refractivity contribution in [3.05, 3.63) is 52.3 Å². The summed E-state index contributed by atoms with van der Waals surface area (Å²) in [6, 6.07) is 4.44. The molecule has 0 saturated carbocycles. The molecule has 17 heavy (non-hydrogen) atoms. The molecule has 1 aromatic heterocycles. The predicted molar refractivity (Wildman–Crippen MR) is 69.9 cm³/mol. The Morgan fingerprint density at radius 1 is 1.18 bits per heavy atom. The summed E-state index contributed by atoms with van der Waals surface area (Å²) >= 11 is 0. The number of rotatable bonds is 3. The lowest BCUT2D eigenvalue weighted by Crippen LogP contribution is -2.04. The van der Waals surface area contributed by atoms with Gasteiger partial charge in [0.05, 0.1) is 12.7 Å². The Labute approximate surface area is 102 Å². The number of hydrogen-bond donors (Lipinski definition) is 1. The maximum absolute atomic E-state index is 5.58. The van der Waals surface area contributed by atoms with Crippen LogP contribution in [0.4, 0.5) is 0 Å². The van der Waals surface area contributed by atoms with E-state index in [1.807, 2.05) is 17.1 Å². The molecule has 0 atom stereocenters. The summed E-state index contributed by atoms with van der Waals surface area (Å²) in [5.41, 5.74) is 12.0. The lowest BCUT2D eigenvalue weighted by Gasteiger charge is -2.11. The first-order valence-electron chi connectivity index (χ1n) is 5.88. The van der Waals surface area contributed by atoms with Crippen LogP contribution < -0.4 is 5.73 Å². The molecule has 2 rings (SSSR count). The van der Waals surface area contributed by atoms with E-state index in [2.05, 4.69) is 38.0 Å². The summed E-state index contributed by atoms with van der Waals surface area (Å²) < 4.78 is 1.95. The van der Waals surface area contributed by atoms with Crippen molar-refractivity contribution in [2.45, 2.75) is 33.9 Å². The Bertz CT molecular complexity index is 503. The van der Waals surface area contributed by atoms with Crippen LogP contribution >= 0.6 is 0 Å². The average molecular weight is 229 g/mol. The van der Waals surface area contributed by atoms with Gasteiger partial charge in [0.25, 0.3) is 0 Å². The molecule has 0 unspecified atom stereocenters. The monoisotopic (exact) mass is 229 g/mol. The molecule has 2 aromatic rings. The van der Waals surface area contributed by atoms with Crippen LogP contribution in [0.5, 0.6) is 0 Å². The van der Waals surface area contributed by atoms with E-state index in [0.717, 1.165) is 12.1 Å². The molecule has 3 nitrogen and oxygen atoms in total. The number of hydrogen-bond acceptors (Lipinski definition) is 2. The second-order valence-corrected chi connectivity index (χ2v) is 4.63. The fourth-order valence-corrected chi connectivity index (χ4v) is 2.22. The van der Waals surface area contributed by atoms with Crippen molar-refractivity contribution in [2.24, 2.45) is 5.73 Å². The smallest absolute Gasteiger partial charge is 0.0664 e. The number of aryl methyl sites for hydroxylation is 3. The molecule has 1 aromatic carbocycles. The van der Waals surface area contributed by atoms with Crippen LogP contribution in [0, 0.1) is 20.8 Å². The zero-order chi connectivity index (χ0) is 12.4. The van der Waals surface area contributed by atoms with Crippen molar-refractivity contribution in [1.29, 1.82) is 0 Å². The minimum atomic E-state index is 0.547. The molecule has 2 N–H and O–H groups in total. The first-order valence-corrected chi connectivity index (χ1v) is 5.88. The Morgan fingerprint density at radius 2 is 1.82 bits per heavy atom. The van der Waals surface area contributed by atoms with Gasteiger partial charge in [-0.2, -0.15) is 5.10 Å². The summed E-state index contributed by atoms with van der Waals surface area (Å²) in [7, 11) is 0. The highest BCUT2D eigenvalue weighted by molar-refractivity contribution is 5.37. The summed E-state index contributed by atoms with van der Waals surface area (Å²) in [5.74, 6) is 0. The quantitative estimate of drug-likeness (QED) is 0.877. The molecule has 0 aliphatic rings. The number of benzene rings is 1. The van der Waals surface area contributed by atoms with Crippen LogP contribution in [0.15, 0.2) is 24.5 Å². The fourth-order valence-electron chi connectivity index (χ4n) is 2.22. The van der Waals surface area contributed by atoms with E-state index < -0.39 is 0 Å². The molecule has 1 heterocycles. The van der Waals surface area contributed by atoms with Gasteiger partial charge in [-0.25, -0.2) is 0 Å². The minimum Gasteiger partial charge on any atom is -0.326 e. The van der Waals surface area contributed by atoms with E-state index in [1.165, 1.54) is 22.3 Å². The van der Waals surface area contributed by atoms with Gasteiger partial charge in [0.1, 0.15) is 0 Å². The molecule has 90 valence electrons. The molecule has 0 bridgehead atoms. The van der Waals surface area contributed by atoms with Gasteiger partial charge in [0.2, 0.25) is 0 Å². The molecule has 3 heteroatoms. The van der Waals surface area contributed by atoms with Gasteiger partial charge >= 0.3 is 0 Å². The topological polar surface area (TPSA) is 43.8 Å². The van der Waals surface area contributed by atoms with Crippen molar-refractivity contribution < 1.29 is 0 Å². The maximum atomic E-state index is 5.58. The first kappa shape index (κ1) is 11.9. The highest BCUT2D eigenvalue weighted by Gasteiger charge is 2.05. The Balaban J connectivity index is 2.29. The lowest BCUT2D eigenvalue weighted by molar-refractivity contribution is 0.680. The van der Waals surface area contributed by atoms with Gasteiger partial charge < -0.3 is 5.73 Å². The number of nitrogens with two attached hydrogens (primary N) is 1. The maximum Gasteiger partial charge on any atom is 0.0664 e. The first-order chi connectivity index (χ1) is 8.10. The highest BCUT2D eigenvalue weighted by Crippen LogP contribution is 2.17. The van der Waals surface area contributed by atoms with Gasteiger partial charge in [-0.3, -0.25) is 4.68 Å². The van der Waals surface area contributed by atoms with E-state index in [4.69, 9.17) is 5.73 Å². The van der Waals surface area contributed by atoms with Gasteiger partial charge in [0.15, 0.2) is 0 Å². The molecule has 0 aliphatic carbocycles. The van der Waals surface area contributed by atoms with Crippen molar-refractivity contribution in [2.75, 3.05) is 0 Å². The van der Waals surface area contributed by atoms with E-state index >= 15 is 0 Å². The molecule has 0 fully saturated rings. The standard InChI is InChI=1S/C14H19N3/c1-10-4-11(2)14(12(3)5-10)9-17-8-13(6-15)7-16-17/h4-5,7-8H,6,9,15H2,1-3H3. The zero-order valence-electron chi connectivity index (χ0n) is 10.7. The molecular weight excluding hydrogens is 210 g/mol. The second kappa shape index (κ2) is 4.72. The average Bonchev–Trinajstić information content (AvgIpc) is 2.71. The van der Waals surface area contributed by atoms with Gasteiger partial charge in [-0.05, 0) is 37.5 Å². The fraction of sp³-hybridized carbons (Fsp3) is 0.357. The third-order valence-corrected chi connectivity index (χ3v) is 3.08. The molecule has 0 spiro atoms. The van der Waals surface area contributed by atoms with Crippen LogP contribution in [0.1, 0.15) is 27.8 Å². The van der Waals surface area contributed by atoms with Crippen molar-refractivity contribution in [3.8, 4) is 0 Å². The lowest BCUT2D eigenvalue weighted by atomic mass is 10.00. The Kier molecular flexibility index (Phi) is 3.29. The summed E-state index contributed by atoms with van der Waals surface area (Å²) in [6.45, 7) is 7.80. The van der Waals surface area contributed by atoms with Crippen LogP contribution in [0.3, 0.4) is 0 Å². The van der Waals surface area contributed by atoms with E-state index in [-0.39, 0.29) is 0 Å². The SMILES string of the molecule is Cc1cc(C)c(Cn2cc(CN)cn2)c(C)c1. The van der Waals surface area contributed by atoms with Crippen LogP contribution in [0.2, 0.25) is 0 Å². The van der Waals surface area contributed by atoms with E-state index in [9.17, 15) is 0 Å². The second-order valence-electron chi connectivity index (χ2n) is 4.63. The third-order valence-electron chi connectivity index (χ3n) is 3.08. The van der Waals surface area contributed by atoms with E-state index in [1.54, 1.807) is 0 Å².